The number of para-hydroxylation sites is 2. The van der Waals surface area contributed by atoms with Crippen molar-refractivity contribution < 1.29 is 9.15 Å². The maximum Gasteiger partial charge on any atom is 0.196 e. The molecule has 1 aliphatic rings. The van der Waals surface area contributed by atoms with Gasteiger partial charge in [0.25, 0.3) is 0 Å². The van der Waals surface area contributed by atoms with E-state index in [9.17, 15) is 9.59 Å². The summed E-state index contributed by atoms with van der Waals surface area (Å²) >= 11 is 0. The summed E-state index contributed by atoms with van der Waals surface area (Å²) in [5.74, 6) is 0. The zero-order valence-electron chi connectivity index (χ0n) is 18.0. The molecular formula is C26H23N3O4. The fraction of sp³-hybridized carbons (Fsp3) is 0.231. The molecule has 5 aromatic rings. The molecule has 0 amide bonds. The largest absolute Gasteiger partial charge is 0.453 e. The van der Waals surface area contributed by atoms with Crippen LogP contribution in [0.4, 0.5) is 5.69 Å². The lowest BCUT2D eigenvalue weighted by Gasteiger charge is -2.26. The van der Waals surface area contributed by atoms with E-state index in [0.717, 1.165) is 38.4 Å². The molecule has 0 saturated carbocycles. The van der Waals surface area contributed by atoms with Gasteiger partial charge in [-0.15, -0.1) is 0 Å². The van der Waals surface area contributed by atoms with Crippen molar-refractivity contribution in [3.05, 3.63) is 75.0 Å². The topological polar surface area (TPSA) is 87.6 Å². The second-order valence-corrected chi connectivity index (χ2v) is 8.36. The minimum Gasteiger partial charge on any atom is -0.453 e. The molecule has 33 heavy (non-hydrogen) atoms. The molecule has 1 saturated heterocycles. The second kappa shape index (κ2) is 8.03. The van der Waals surface area contributed by atoms with Crippen molar-refractivity contribution >= 4 is 49.4 Å². The number of hydrogen-bond acceptors (Lipinski definition) is 6. The molecule has 1 aliphatic heterocycles. The maximum atomic E-state index is 13.6. The highest BCUT2D eigenvalue weighted by atomic mass is 16.5. The van der Waals surface area contributed by atoms with Gasteiger partial charge in [-0.2, -0.15) is 0 Å². The third-order valence-electron chi connectivity index (χ3n) is 6.38. The van der Waals surface area contributed by atoms with Gasteiger partial charge in [-0.1, -0.05) is 36.4 Å². The molecule has 0 spiro atoms. The zero-order valence-corrected chi connectivity index (χ0v) is 18.0. The lowest BCUT2D eigenvalue weighted by atomic mass is 9.99. The van der Waals surface area contributed by atoms with Gasteiger partial charge < -0.3 is 19.5 Å². The summed E-state index contributed by atoms with van der Waals surface area (Å²) in [7, 11) is 0. The van der Waals surface area contributed by atoms with Crippen LogP contribution in [0.25, 0.3) is 43.7 Å². The Morgan fingerprint density at radius 3 is 2.36 bits per heavy atom. The molecule has 0 aliphatic carbocycles. The van der Waals surface area contributed by atoms with Gasteiger partial charge >= 0.3 is 0 Å². The van der Waals surface area contributed by atoms with Crippen molar-refractivity contribution in [3.8, 4) is 0 Å². The molecule has 0 unspecified atom stereocenters. The van der Waals surface area contributed by atoms with Gasteiger partial charge in [0.15, 0.2) is 22.0 Å². The van der Waals surface area contributed by atoms with E-state index in [-0.39, 0.29) is 10.9 Å². The summed E-state index contributed by atoms with van der Waals surface area (Å²) in [6, 6.07) is 16.4. The first kappa shape index (κ1) is 20.0. The summed E-state index contributed by atoms with van der Waals surface area (Å²) in [5.41, 5.74) is 2.79. The molecule has 7 heteroatoms. The van der Waals surface area contributed by atoms with Crippen LogP contribution in [0.5, 0.6) is 0 Å². The van der Waals surface area contributed by atoms with Crippen LogP contribution in [-0.2, 0) is 4.74 Å². The number of rotatable bonds is 4. The fourth-order valence-electron chi connectivity index (χ4n) is 4.70. The number of ether oxygens (including phenoxy) is 1. The molecule has 0 atom stereocenters. The molecule has 0 bridgehead atoms. The third kappa shape index (κ3) is 3.37. The molecule has 1 fully saturated rings. The number of aromatic nitrogens is 1. The molecule has 1 aromatic heterocycles. The second-order valence-electron chi connectivity index (χ2n) is 8.36. The van der Waals surface area contributed by atoms with E-state index >= 15 is 0 Å². The van der Waals surface area contributed by atoms with Crippen molar-refractivity contribution in [2.24, 2.45) is 0 Å². The normalized spacial score (nSPS) is 15.0. The molecule has 2 N–H and O–H groups in total. The van der Waals surface area contributed by atoms with Gasteiger partial charge in [0.2, 0.25) is 0 Å². The first-order valence-electron chi connectivity index (χ1n) is 11.2. The number of hydrogen-bond donors (Lipinski definition) is 2. The minimum atomic E-state index is -0.177. The molecule has 7 nitrogen and oxygen atoms in total. The van der Waals surface area contributed by atoms with Gasteiger partial charge in [-0.25, -0.2) is 0 Å². The van der Waals surface area contributed by atoms with Crippen LogP contribution in [0.2, 0.25) is 0 Å². The molecule has 0 radical (unpaired) electrons. The monoisotopic (exact) mass is 441 g/mol. The number of benzene rings is 4. The summed E-state index contributed by atoms with van der Waals surface area (Å²) in [6.45, 7) is 4.69. The molecule has 2 heterocycles. The van der Waals surface area contributed by atoms with E-state index in [0.29, 0.717) is 50.5 Å². The lowest BCUT2D eigenvalue weighted by Crippen LogP contribution is -2.39. The Balaban J connectivity index is 1.59. The Morgan fingerprint density at radius 2 is 1.58 bits per heavy atom. The molecular weight excluding hydrogens is 418 g/mol. The van der Waals surface area contributed by atoms with Crippen LogP contribution in [0.3, 0.4) is 0 Å². The van der Waals surface area contributed by atoms with Crippen LogP contribution in [0.15, 0.2) is 68.6 Å². The number of nitrogens with zero attached hydrogens (tertiary/aromatic N) is 1. The summed E-state index contributed by atoms with van der Waals surface area (Å²) in [6.07, 6.45) is 0. The van der Waals surface area contributed by atoms with Crippen molar-refractivity contribution in [2.75, 3.05) is 44.7 Å². The number of morpholine rings is 1. The van der Waals surface area contributed by atoms with E-state index in [2.05, 4.69) is 15.2 Å². The Kier molecular flexibility index (Phi) is 4.86. The quantitative estimate of drug-likeness (QED) is 0.327. The summed E-state index contributed by atoms with van der Waals surface area (Å²) in [4.78, 5) is 32.9. The Morgan fingerprint density at radius 1 is 0.879 bits per heavy atom. The first-order valence-corrected chi connectivity index (χ1v) is 11.2. The van der Waals surface area contributed by atoms with Crippen molar-refractivity contribution in [1.82, 2.24) is 9.88 Å². The van der Waals surface area contributed by atoms with Gasteiger partial charge in [0.1, 0.15) is 0 Å². The average Bonchev–Trinajstić information content (AvgIpc) is 2.86. The maximum absolute atomic E-state index is 13.6. The number of anilines is 1. The SMILES string of the molecule is O=c1c2ccccc2c(=O)c2c1c(NCCN1CCOCC1)cc1oc3ccccc3[nH]c12. The molecule has 6 rings (SSSR count). The predicted octanol–water partition coefficient (Wildman–Crippen LogP) is 3.69. The van der Waals surface area contributed by atoms with Crippen LogP contribution in [-0.4, -0.2) is 49.3 Å². The van der Waals surface area contributed by atoms with Crippen LogP contribution in [0.1, 0.15) is 0 Å². The number of fused-ring (bicyclic) bond motifs is 5. The van der Waals surface area contributed by atoms with E-state index in [4.69, 9.17) is 9.15 Å². The summed E-state index contributed by atoms with van der Waals surface area (Å²) in [5, 5.41) is 5.02. The highest BCUT2D eigenvalue weighted by Crippen LogP contribution is 2.30. The van der Waals surface area contributed by atoms with Crippen molar-refractivity contribution in [2.45, 2.75) is 0 Å². The lowest BCUT2D eigenvalue weighted by molar-refractivity contribution is 0.0398. The minimum absolute atomic E-state index is 0.155. The van der Waals surface area contributed by atoms with Crippen molar-refractivity contribution in [3.63, 3.8) is 0 Å². The third-order valence-corrected chi connectivity index (χ3v) is 6.38. The van der Waals surface area contributed by atoms with Crippen LogP contribution >= 0.6 is 0 Å². The van der Waals surface area contributed by atoms with Crippen LogP contribution < -0.4 is 16.2 Å². The molecule has 4 aromatic carbocycles. The van der Waals surface area contributed by atoms with Crippen molar-refractivity contribution in [1.29, 1.82) is 0 Å². The molecule has 166 valence electrons. The van der Waals surface area contributed by atoms with Crippen LogP contribution in [0, 0.1) is 0 Å². The van der Waals surface area contributed by atoms with E-state index in [1.807, 2.05) is 30.3 Å². The predicted molar refractivity (Wildman–Crippen MR) is 131 cm³/mol. The van der Waals surface area contributed by atoms with E-state index in [1.54, 1.807) is 24.3 Å². The number of H-pyrrole nitrogens is 1. The highest BCUT2D eigenvalue weighted by Gasteiger charge is 2.19. The van der Waals surface area contributed by atoms with Gasteiger partial charge in [0.05, 0.1) is 40.7 Å². The Hall–Kier alpha value is -3.68. The fourth-order valence-corrected chi connectivity index (χ4v) is 4.70. The van der Waals surface area contributed by atoms with E-state index in [1.165, 1.54) is 0 Å². The smallest absolute Gasteiger partial charge is 0.196 e. The Labute approximate surface area is 188 Å². The Bertz CT molecular complexity index is 1630. The standard InChI is InChI=1S/C26H23N3O4/c30-25-16-5-1-2-6-17(16)26(31)23-22(25)19(27-9-10-29-11-13-32-14-12-29)15-21-24(23)28-18-7-3-4-8-20(18)33-21/h1-8,15,27-28H,9-14H2. The average molecular weight is 441 g/mol. The van der Waals surface area contributed by atoms with E-state index < -0.39 is 0 Å². The van der Waals surface area contributed by atoms with Gasteiger partial charge in [-0.3, -0.25) is 14.5 Å². The highest BCUT2D eigenvalue weighted by molar-refractivity contribution is 6.14. The number of aromatic amines is 1. The zero-order chi connectivity index (χ0) is 22.4. The van der Waals surface area contributed by atoms with Gasteiger partial charge in [-0.05, 0) is 12.1 Å². The van der Waals surface area contributed by atoms with Gasteiger partial charge in [0, 0.05) is 43.0 Å². The summed E-state index contributed by atoms with van der Waals surface area (Å²) < 4.78 is 11.6. The first-order chi connectivity index (χ1) is 16.2. The number of nitrogens with one attached hydrogen (secondary N) is 2.